The molecule has 4 nitrogen and oxygen atoms in total. The van der Waals surface area contributed by atoms with Gasteiger partial charge in [0.15, 0.2) is 5.11 Å². The Morgan fingerprint density at radius 1 is 1.07 bits per heavy atom. The molecular formula is C22H19ClN2O2S. The molecule has 0 unspecified atom stereocenters. The summed E-state index contributed by atoms with van der Waals surface area (Å²) in [5.74, 6) is 0.921. The third kappa shape index (κ3) is 5.09. The van der Waals surface area contributed by atoms with Gasteiger partial charge in [0.2, 0.25) is 5.91 Å². The molecule has 0 saturated carbocycles. The Morgan fingerprint density at radius 2 is 1.82 bits per heavy atom. The Kier molecular flexibility index (Phi) is 6.29. The van der Waals surface area contributed by atoms with Crippen molar-refractivity contribution >= 4 is 46.6 Å². The number of nitrogens with one attached hydrogen (secondary N) is 2. The summed E-state index contributed by atoms with van der Waals surface area (Å²) in [5.41, 5.74) is 4.01. The number of furan rings is 1. The molecular weight excluding hydrogens is 392 g/mol. The van der Waals surface area contributed by atoms with Crippen molar-refractivity contribution in [3.8, 4) is 11.3 Å². The number of aryl methyl sites for hydroxylation is 1. The third-order valence-electron chi connectivity index (χ3n) is 4.24. The zero-order chi connectivity index (χ0) is 20.1. The van der Waals surface area contributed by atoms with Gasteiger partial charge in [-0.15, -0.1) is 0 Å². The minimum absolute atomic E-state index is 0.240. The molecule has 0 saturated heterocycles. The van der Waals surface area contributed by atoms with Crippen LogP contribution in [0.25, 0.3) is 17.4 Å². The molecule has 2 aromatic carbocycles. The van der Waals surface area contributed by atoms with Crippen LogP contribution >= 0.6 is 23.8 Å². The number of benzene rings is 2. The molecule has 0 aliphatic rings. The van der Waals surface area contributed by atoms with Gasteiger partial charge >= 0.3 is 0 Å². The van der Waals surface area contributed by atoms with Gasteiger partial charge in [-0.05, 0) is 85.7 Å². The predicted molar refractivity (Wildman–Crippen MR) is 118 cm³/mol. The van der Waals surface area contributed by atoms with Gasteiger partial charge in [0.25, 0.3) is 0 Å². The van der Waals surface area contributed by atoms with Gasteiger partial charge in [0, 0.05) is 22.3 Å². The first-order valence-corrected chi connectivity index (χ1v) is 9.43. The number of carbonyl (C=O) groups excluding carboxylic acids is 1. The minimum Gasteiger partial charge on any atom is -0.457 e. The highest BCUT2D eigenvalue weighted by Gasteiger charge is 2.06. The Morgan fingerprint density at radius 3 is 2.57 bits per heavy atom. The van der Waals surface area contributed by atoms with Gasteiger partial charge in [-0.1, -0.05) is 23.7 Å². The number of hydrogen-bond donors (Lipinski definition) is 2. The average molecular weight is 411 g/mol. The van der Waals surface area contributed by atoms with E-state index in [4.69, 9.17) is 28.2 Å². The molecule has 6 heteroatoms. The highest BCUT2D eigenvalue weighted by molar-refractivity contribution is 7.80. The van der Waals surface area contributed by atoms with E-state index in [0.717, 1.165) is 22.4 Å². The Bertz CT molecular complexity index is 1040. The molecule has 0 atom stereocenters. The van der Waals surface area contributed by atoms with E-state index in [1.165, 1.54) is 6.08 Å². The molecule has 1 aromatic heterocycles. The summed E-state index contributed by atoms with van der Waals surface area (Å²) in [5, 5.41) is 6.57. The fourth-order valence-electron chi connectivity index (χ4n) is 2.56. The molecule has 0 bridgehead atoms. The lowest BCUT2D eigenvalue weighted by Gasteiger charge is -2.12. The van der Waals surface area contributed by atoms with Crippen molar-refractivity contribution in [1.82, 2.24) is 5.32 Å². The van der Waals surface area contributed by atoms with Crippen molar-refractivity contribution in [2.45, 2.75) is 13.8 Å². The predicted octanol–water partition coefficient (Wildman–Crippen LogP) is 5.74. The van der Waals surface area contributed by atoms with Crippen LogP contribution in [-0.4, -0.2) is 11.0 Å². The van der Waals surface area contributed by atoms with Crippen LogP contribution in [0.3, 0.4) is 0 Å². The van der Waals surface area contributed by atoms with Gasteiger partial charge in [-0.2, -0.15) is 0 Å². The zero-order valence-electron chi connectivity index (χ0n) is 15.5. The summed E-state index contributed by atoms with van der Waals surface area (Å²) < 4.78 is 5.73. The smallest absolute Gasteiger partial charge is 0.250 e. The highest BCUT2D eigenvalue weighted by Crippen LogP contribution is 2.24. The largest absolute Gasteiger partial charge is 0.457 e. The zero-order valence-corrected chi connectivity index (χ0v) is 17.0. The van der Waals surface area contributed by atoms with E-state index in [-0.39, 0.29) is 11.0 Å². The van der Waals surface area contributed by atoms with Crippen LogP contribution in [0.1, 0.15) is 16.9 Å². The van der Waals surface area contributed by atoms with Gasteiger partial charge in [0.1, 0.15) is 11.5 Å². The maximum Gasteiger partial charge on any atom is 0.250 e. The van der Waals surface area contributed by atoms with Crippen LogP contribution in [0.4, 0.5) is 5.69 Å². The molecule has 0 radical (unpaired) electrons. The maximum atomic E-state index is 12.1. The second-order valence-corrected chi connectivity index (χ2v) is 7.08. The molecule has 0 fully saturated rings. The second kappa shape index (κ2) is 8.87. The molecule has 3 rings (SSSR count). The van der Waals surface area contributed by atoms with Crippen LogP contribution < -0.4 is 10.6 Å². The van der Waals surface area contributed by atoms with E-state index in [2.05, 4.69) is 10.6 Å². The summed E-state index contributed by atoms with van der Waals surface area (Å²) in [6, 6.07) is 16.8. The van der Waals surface area contributed by atoms with E-state index < -0.39 is 0 Å². The van der Waals surface area contributed by atoms with Crippen LogP contribution in [0.5, 0.6) is 0 Å². The monoisotopic (exact) mass is 410 g/mol. The first-order valence-electron chi connectivity index (χ1n) is 8.64. The first kappa shape index (κ1) is 19.9. The molecule has 142 valence electrons. The molecule has 0 spiro atoms. The SMILES string of the molecule is Cc1cccc(NC(=S)NC(=O)C=Cc2ccc(-c3ccc(Cl)cc3)o2)c1C. The standard InChI is InChI=1S/C22H19ClN2O2S/c1-14-4-3-5-19(15(14)2)24-22(28)25-21(26)13-11-18-10-12-20(27-18)16-6-8-17(23)9-7-16/h3-13H,1-2H3,(H2,24,25,26,28). The molecule has 2 N–H and O–H groups in total. The van der Waals surface area contributed by atoms with Crippen LogP contribution in [-0.2, 0) is 4.79 Å². The second-order valence-electron chi connectivity index (χ2n) is 6.23. The Balaban J connectivity index is 1.58. The molecule has 3 aromatic rings. The van der Waals surface area contributed by atoms with E-state index >= 15 is 0 Å². The van der Waals surface area contributed by atoms with Gasteiger partial charge in [-0.25, -0.2) is 0 Å². The number of carbonyl (C=O) groups is 1. The number of hydrogen-bond acceptors (Lipinski definition) is 3. The van der Waals surface area contributed by atoms with Crippen molar-refractivity contribution in [3.05, 3.63) is 82.6 Å². The number of rotatable bonds is 4. The fraction of sp³-hybridized carbons (Fsp3) is 0.0909. The van der Waals surface area contributed by atoms with Crippen molar-refractivity contribution in [3.63, 3.8) is 0 Å². The number of halogens is 1. The minimum atomic E-state index is -0.341. The van der Waals surface area contributed by atoms with Crippen molar-refractivity contribution in [1.29, 1.82) is 0 Å². The van der Waals surface area contributed by atoms with Crippen LogP contribution in [0.15, 0.2) is 65.1 Å². The van der Waals surface area contributed by atoms with E-state index in [1.807, 2.05) is 50.2 Å². The van der Waals surface area contributed by atoms with Gasteiger partial charge in [0.05, 0.1) is 0 Å². The van der Waals surface area contributed by atoms with E-state index in [9.17, 15) is 4.79 Å². The van der Waals surface area contributed by atoms with Gasteiger partial charge in [-0.3, -0.25) is 10.1 Å². The van der Waals surface area contributed by atoms with E-state index in [0.29, 0.717) is 16.5 Å². The van der Waals surface area contributed by atoms with Crippen molar-refractivity contribution < 1.29 is 9.21 Å². The molecule has 0 aliphatic heterocycles. The van der Waals surface area contributed by atoms with Crippen molar-refractivity contribution in [2.24, 2.45) is 0 Å². The number of amides is 1. The Hall–Kier alpha value is -2.89. The maximum absolute atomic E-state index is 12.1. The summed E-state index contributed by atoms with van der Waals surface area (Å²) in [6.07, 6.45) is 2.97. The lowest BCUT2D eigenvalue weighted by molar-refractivity contribution is -0.115. The molecule has 28 heavy (non-hydrogen) atoms. The molecule has 0 aliphatic carbocycles. The summed E-state index contributed by atoms with van der Waals surface area (Å²) >= 11 is 11.1. The average Bonchev–Trinajstić information content (AvgIpc) is 3.13. The lowest BCUT2D eigenvalue weighted by atomic mass is 10.1. The summed E-state index contributed by atoms with van der Waals surface area (Å²) in [4.78, 5) is 12.1. The Labute approximate surface area is 174 Å². The molecule has 1 heterocycles. The van der Waals surface area contributed by atoms with E-state index in [1.54, 1.807) is 24.3 Å². The van der Waals surface area contributed by atoms with Crippen molar-refractivity contribution in [2.75, 3.05) is 5.32 Å². The highest BCUT2D eigenvalue weighted by atomic mass is 35.5. The summed E-state index contributed by atoms with van der Waals surface area (Å²) in [6.45, 7) is 4.02. The molecule has 1 amide bonds. The quantitative estimate of drug-likeness (QED) is 0.425. The van der Waals surface area contributed by atoms with Crippen LogP contribution in [0.2, 0.25) is 5.02 Å². The first-order chi connectivity index (χ1) is 13.4. The number of thiocarbonyl (C=S) groups is 1. The van der Waals surface area contributed by atoms with Gasteiger partial charge < -0.3 is 9.73 Å². The summed E-state index contributed by atoms with van der Waals surface area (Å²) in [7, 11) is 0. The van der Waals surface area contributed by atoms with Crippen LogP contribution in [0, 0.1) is 13.8 Å². The number of anilines is 1. The normalized spacial score (nSPS) is 10.8. The fourth-order valence-corrected chi connectivity index (χ4v) is 2.90. The lowest BCUT2D eigenvalue weighted by Crippen LogP contribution is -2.33. The third-order valence-corrected chi connectivity index (χ3v) is 4.70. The topological polar surface area (TPSA) is 54.3 Å².